The average molecular weight is 493 g/mol. The van der Waals surface area contributed by atoms with Crippen molar-refractivity contribution >= 4 is 28.4 Å². The van der Waals surface area contributed by atoms with Gasteiger partial charge in [0.2, 0.25) is 6.41 Å². The summed E-state index contributed by atoms with van der Waals surface area (Å²) >= 11 is 0. The van der Waals surface area contributed by atoms with E-state index in [-0.39, 0.29) is 5.92 Å². The highest BCUT2D eigenvalue weighted by molar-refractivity contribution is 5.85. The number of carbonyl (C=O) groups excluding carboxylic acids is 1. The number of imidazole rings is 1. The van der Waals surface area contributed by atoms with E-state index in [2.05, 4.69) is 70.5 Å². The topological polar surface area (TPSA) is 58.9 Å². The van der Waals surface area contributed by atoms with E-state index < -0.39 is 0 Å². The Hall–Kier alpha value is -4.32. The molecule has 1 aliphatic rings. The Morgan fingerprint density at radius 3 is 2.62 bits per heavy atom. The number of nitrogens with zero attached hydrogens (tertiary/aromatic N) is 3. The number of benzene rings is 3. The van der Waals surface area contributed by atoms with Gasteiger partial charge in [-0.1, -0.05) is 48.5 Å². The molecule has 3 heterocycles. The largest absolute Gasteiger partial charge is 0.497 e. The molecule has 1 atom stereocenters. The smallest absolute Gasteiger partial charge is 0.209 e. The molecule has 0 spiro atoms. The molecular formula is C31H32N4O2. The first kappa shape index (κ1) is 24.4. The number of likely N-dealkylation sites (tertiary alicyclic amines) is 1. The molecule has 6 nitrogen and oxygen atoms in total. The Morgan fingerprint density at radius 2 is 1.81 bits per heavy atom. The maximum atomic E-state index is 11.2. The van der Waals surface area contributed by atoms with Gasteiger partial charge in [0.25, 0.3) is 0 Å². The van der Waals surface area contributed by atoms with Crippen LogP contribution in [0, 0.1) is 0 Å². The number of methoxy groups -OCH3 is 1. The number of hydrogen-bond donors (Lipinski definition) is 1. The van der Waals surface area contributed by atoms with Crippen LogP contribution in [-0.2, 0) is 4.79 Å². The van der Waals surface area contributed by atoms with Crippen LogP contribution >= 0.6 is 0 Å². The number of ether oxygens (including phenoxy) is 1. The van der Waals surface area contributed by atoms with E-state index >= 15 is 0 Å². The van der Waals surface area contributed by atoms with E-state index in [0.29, 0.717) is 0 Å². The number of piperidine rings is 1. The zero-order valence-corrected chi connectivity index (χ0v) is 21.3. The standard InChI is InChI=1S/C20H21N3O2.C11H11N/c1-25-17-8-4-6-15(12-17)19-18-9-2-3-11-23(18)20(21-19)16-7-5-10-22(13-16)14-24;1-12-11-7-6-9-4-2-3-5-10(9)8-11/h2-4,6,8-9,11-12,14,16H,5,7,10,13H2,1H3;2-8,12H,1H3. The average Bonchev–Trinajstić information content (AvgIpc) is 3.37. The van der Waals surface area contributed by atoms with Crippen LogP contribution in [0.1, 0.15) is 24.6 Å². The van der Waals surface area contributed by atoms with Crippen molar-refractivity contribution in [2.75, 3.05) is 32.6 Å². The highest BCUT2D eigenvalue weighted by atomic mass is 16.5. The number of rotatable bonds is 5. The molecule has 2 aromatic heterocycles. The van der Waals surface area contributed by atoms with Crippen molar-refractivity contribution in [1.82, 2.24) is 14.3 Å². The van der Waals surface area contributed by atoms with E-state index in [1.807, 2.05) is 42.3 Å². The lowest BCUT2D eigenvalue weighted by Crippen LogP contribution is -2.33. The molecule has 1 N–H and O–H groups in total. The van der Waals surface area contributed by atoms with Crippen LogP contribution in [-0.4, -0.2) is 47.9 Å². The number of carbonyl (C=O) groups is 1. The van der Waals surface area contributed by atoms with Crippen molar-refractivity contribution in [2.45, 2.75) is 18.8 Å². The number of anilines is 1. The summed E-state index contributed by atoms with van der Waals surface area (Å²) in [6.07, 6.45) is 5.07. The molecule has 0 saturated carbocycles. The minimum Gasteiger partial charge on any atom is -0.497 e. The van der Waals surface area contributed by atoms with Gasteiger partial charge in [0.15, 0.2) is 0 Å². The zero-order chi connectivity index (χ0) is 25.6. The lowest BCUT2D eigenvalue weighted by atomic mass is 9.97. The Labute approximate surface area is 217 Å². The molecule has 37 heavy (non-hydrogen) atoms. The Morgan fingerprint density at radius 1 is 0.973 bits per heavy atom. The van der Waals surface area contributed by atoms with E-state index in [1.165, 1.54) is 10.8 Å². The first-order valence-electron chi connectivity index (χ1n) is 12.7. The van der Waals surface area contributed by atoms with Gasteiger partial charge in [0, 0.05) is 43.5 Å². The lowest BCUT2D eigenvalue weighted by Gasteiger charge is -2.29. The molecule has 188 valence electrons. The summed E-state index contributed by atoms with van der Waals surface area (Å²) < 4.78 is 7.52. The minimum atomic E-state index is 0.258. The molecule has 5 aromatic rings. The molecule has 1 unspecified atom stereocenters. The van der Waals surface area contributed by atoms with Crippen molar-refractivity contribution in [2.24, 2.45) is 0 Å². The molecule has 0 aliphatic carbocycles. The number of pyridine rings is 1. The third-order valence-corrected chi connectivity index (χ3v) is 6.92. The van der Waals surface area contributed by atoms with Gasteiger partial charge < -0.3 is 19.4 Å². The summed E-state index contributed by atoms with van der Waals surface area (Å²) in [6, 6.07) is 28.8. The van der Waals surface area contributed by atoms with Gasteiger partial charge in [-0.05, 0) is 60.0 Å². The number of fused-ring (bicyclic) bond motifs is 2. The Balaban J connectivity index is 0.000000195. The van der Waals surface area contributed by atoms with Gasteiger partial charge in [0.05, 0.1) is 18.3 Å². The van der Waals surface area contributed by atoms with E-state index in [9.17, 15) is 4.79 Å². The first-order chi connectivity index (χ1) is 18.2. The van der Waals surface area contributed by atoms with Crippen LogP contribution in [0.4, 0.5) is 5.69 Å². The van der Waals surface area contributed by atoms with Gasteiger partial charge in [0.1, 0.15) is 11.6 Å². The van der Waals surface area contributed by atoms with Gasteiger partial charge in [-0.3, -0.25) is 4.79 Å². The van der Waals surface area contributed by atoms with Crippen molar-refractivity contribution in [1.29, 1.82) is 0 Å². The quantitative estimate of drug-likeness (QED) is 0.296. The third kappa shape index (κ3) is 5.28. The molecule has 6 heteroatoms. The summed E-state index contributed by atoms with van der Waals surface area (Å²) in [5.74, 6) is 2.11. The van der Waals surface area contributed by atoms with Crippen molar-refractivity contribution < 1.29 is 9.53 Å². The SMILES string of the molecule is CNc1ccc2ccccc2c1.COc1cccc(-c2nc(C3CCCN(C=O)C3)n3ccccc23)c1. The number of hydrogen-bond acceptors (Lipinski definition) is 4. The van der Waals surface area contributed by atoms with Crippen molar-refractivity contribution in [3.8, 4) is 17.0 Å². The molecule has 0 radical (unpaired) electrons. The van der Waals surface area contributed by atoms with Gasteiger partial charge in [-0.2, -0.15) is 0 Å². The van der Waals surface area contributed by atoms with Crippen LogP contribution in [0.25, 0.3) is 27.5 Å². The van der Waals surface area contributed by atoms with Crippen LogP contribution in [0.3, 0.4) is 0 Å². The fraction of sp³-hybridized carbons (Fsp3) is 0.226. The minimum absolute atomic E-state index is 0.258. The number of aromatic nitrogens is 2. The number of nitrogens with one attached hydrogen (secondary N) is 1. The van der Waals surface area contributed by atoms with Crippen LogP contribution in [0.15, 0.2) is 91.1 Å². The second-order valence-electron chi connectivity index (χ2n) is 9.26. The second kappa shape index (κ2) is 11.2. The highest BCUT2D eigenvalue weighted by Gasteiger charge is 2.25. The van der Waals surface area contributed by atoms with E-state index in [0.717, 1.165) is 66.4 Å². The predicted octanol–water partition coefficient (Wildman–Crippen LogP) is 6.23. The number of amides is 1. The summed E-state index contributed by atoms with van der Waals surface area (Å²) in [5, 5.41) is 5.69. The molecule has 1 amide bonds. The first-order valence-corrected chi connectivity index (χ1v) is 12.7. The van der Waals surface area contributed by atoms with Gasteiger partial charge in [-0.15, -0.1) is 0 Å². The molecule has 1 saturated heterocycles. The van der Waals surface area contributed by atoms with E-state index in [4.69, 9.17) is 9.72 Å². The molecule has 1 fully saturated rings. The van der Waals surface area contributed by atoms with Crippen molar-refractivity contribution in [3.05, 3.63) is 97.0 Å². The third-order valence-electron chi connectivity index (χ3n) is 6.92. The second-order valence-corrected chi connectivity index (χ2v) is 9.26. The monoisotopic (exact) mass is 492 g/mol. The highest BCUT2D eigenvalue weighted by Crippen LogP contribution is 2.32. The Bertz CT molecular complexity index is 1510. The van der Waals surface area contributed by atoms with Crippen molar-refractivity contribution in [3.63, 3.8) is 0 Å². The maximum Gasteiger partial charge on any atom is 0.209 e. The molecule has 1 aliphatic heterocycles. The summed E-state index contributed by atoms with van der Waals surface area (Å²) in [4.78, 5) is 18.0. The fourth-order valence-corrected chi connectivity index (χ4v) is 4.99. The predicted molar refractivity (Wildman–Crippen MR) is 150 cm³/mol. The van der Waals surface area contributed by atoms with Crippen LogP contribution in [0.5, 0.6) is 5.75 Å². The fourth-order valence-electron chi connectivity index (χ4n) is 4.99. The van der Waals surface area contributed by atoms with Gasteiger partial charge >= 0.3 is 0 Å². The molecule has 3 aromatic carbocycles. The summed E-state index contributed by atoms with van der Waals surface area (Å²) in [5.41, 5.74) is 4.23. The van der Waals surface area contributed by atoms with E-state index in [1.54, 1.807) is 7.11 Å². The summed E-state index contributed by atoms with van der Waals surface area (Å²) in [7, 11) is 3.61. The molecule has 6 rings (SSSR count). The molecular weight excluding hydrogens is 460 g/mol. The van der Waals surface area contributed by atoms with Gasteiger partial charge in [-0.25, -0.2) is 4.98 Å². The maximum absolute atomic E-state index is 11.2. The van der Waals surface area contributed by atoms with Crippen LogP contribution < -0.4 is 10.1 Å². The Kier molecular flexibility index (Phi) is 7.36. The normalized spacial score (nSPS) is 15.2. The molecule has 0 bridgehead atoms. The summed E-state index contributed by atoms with van der Waals surface area (Å²) in [6.45, 7) is 1.57. The van der Waals surface area contributed by atoms with Crippen LogP contribution in [0.2, 0.25) is 0 Å². The zero-order valence-electron chi connectivity index (χ0n) is 21.3. The lowest BCUT2D eigenvalue weighted by molar-refractivity contribution is -0.119.